The summed E-state index contributed by atoms with van der Waals surface area (Å²) in [4.78, 5) is 26.6. The summed E-state index contributed by atoms with van der Waals surface area (Å²) in [6.45, 7) is 0.705. The van der Waals surface area contributed by atoms with E-state index in [0.717, 1.165) is 24.0 Å². The van der Waals surface area contributed by atoms with Crippen LogP contribution in [0.3, 0.4) is 0 Å². The standard InChI is InChI=1S/C21H20ClNO3/c22-15-8-5-14(6-9-15)18-11-23(12-19(18)21(25)26)20(24)17-10-7-13-3-1-2-4-16(13)17/h1-6,8-9,17-19H,7,10-12H2,(H,25,26)/t17?,18-,19+/m0/s1. The lowest BCUT2D eigenvalue weighted by atomic mass is 9.89. The summed E-state index contributed by atoms with van der Waals surface area (Å²) in [5.41, 5.74) is 3.25. The van der Waals surface area contributed by atoms with Crippen LogP contribution in [0.25, 0.3) is 0 Å². The first-order valence-electron chi connectivity index (χ1n) is 8.89. The minimum atomic E-state index is -0.855. The first kappa shape index (κ1) is 17.1. The topological polar surface area (TPSA) is 57.6 Å². The molecule has 2 aliphatic rings. The van der Waals surface area contributed by atoms with Crippen molar-refractivity contribution in [1.82, 2.24) is 4.90 Å². The molecule has 1 unspecified atom stereocenters. The Kier molecular flexibility index (Phi) is 4.45. The molecule has 1 aliphatic heterocycles. The third-order valence-corrected chi connectivity index (χ3v) is 5.93. The molecule has 0 saturated carbocycles. The van der Waals surface area contributed by atoms with E-state index < -0.39 is 11.9 Å². The number of carboxylic acids is 1. The second-order valence-electron chi connectivity index (χ2n) is 7.14. The Morgan fingerprint density at radius 2 is 1.77 bits per heavy atom. The van der Waals surface area contributed by atoms with Crippen LogP contribution in [-0.2, 0) is 16.0 Å². The summed E-state index contributed by atoms with van der Waals surface area (Å²) in [6.07, 6.45) is 1.71. The van der Waals surface area contributed by atoms with Crippen LogP contribution in [0, 0.1) is 5.92 Å². The van der Waals surface area contributed by atoms with Gasteiger partial charge in [0, 0.05) is 24.0 Å². The van der Waals surface area contributed by atoms with E-state index in [2.05, 4.69) is 6.07 Å². The van der Waals surface area contributed by atoms with Gasteiger partial charge in [-0.05, 0) is 41.7 Å². The molecule has 134 valence electrons. The van der Waals surface area contributed by atoms with Gasteiger partial charge < -0.3 is 10.0 Å². The van der Waals surface area contributed by atoms with Gasteiger partial charge in [0.05, 0.1) is 11.8 Å². The molecule has 2 aromatic carbocycles. The lowest BCUT2D eigenvalue weighted by Gasteiger charge is -2.21. The Labute approximate surface area is 157 Å². The van der Waals surface area contributed by atoms with E-state index in [4.69, 9.17) is 11.6 Å². The zero-order valence-corrected chi connectivity index (χ0v) is 15.0. The van der Waals surface area contributed by atoms with E-state index in [1.165, 1.54) is 5.56 Å². The van der Waals surface area contributed by atoms with E-state index in [1.807, 2.05) is 30.3 Å². The summed E-state index contributed by atoms with van der Waals surface area (Å²) in [5.74, 6) is -1.74. The molecule has 5 heteroatoms. The van der Waals surface area contributed by atoms with Crippen molar-refractivity contribution in [3.8, 4) is 0 Å². The minimum Gasteiger partial charge on any atom is -0.481 e. The fraction of sp³-hybridized carbons (Fsp3) is 0.333. The van der Waals surface area contributed by atoms with Crippen molar-refractivity contribution in [2.75, 3.05) is 13.1 Å². The molecule has 0 radical (unpaired) electrons. The molecule has 4 nitrogen and oxygen atoms in total. The predicted octanol–water partition coefficient (Wildman–Crippen LogP) is 3.70. The van der Waals surface area contributed by atoms with E-state index in [9.17, 15) is 14.7 Å². The number of halogens is 1. The SMILES string of the molecule is O=C(O)[C@@H]1CN(C(=O)C2CCc3ccccc32)C[C@H]1c1ccc(Cl)cc1. The van der Waals surface area contributed by atoms with Gasteiger partial charge in [-0.2, -0.15) is 0 Å². The molecule has 0 bridgehead atoms. The number of fused-ring (bicyclic) bond motifs is 1. The number of hydrogen-bond donors (Lipinski definition) is 1. The van der Waals surface area contributed by atoms with Gasteiger partial charge in [0.1, 0.15) is 0 Å². The molecule has 4 rings (SSSR count). The van der Waals surface area contributed by atoms with Gasteiger partial charge in [-0.25, -0.2) is 0 Å². The average Bonchev–Trinajstić information content (AvgIpc) is 3.26. The van der Waals surface area contributed by atoms with Crippen molar-refractivity contribution in [3.63, 3.8) is 0 Å². The van der Waals surface area contributed by atoms with Crippen molar-refractivity contribution in [2.45, 2.75) is 24.7 Å². The summed E-state index contributed by atoms with van der Waals surface area (Å²) >= 11 is 5.95. The van der Waals surface area contributed by atoms with Crippen LogP contribution < -0.4 is 0 Å². The van der Waals surface area contributed by atoms with Crippen LogP contribution in [0.1, 0.15) is 34.9 Å². The summed E-state index contributed by atoms with van der Waals surface area (Å²) in [6, 6.07) is 15.3. The van der Waals surface area contributed by atoms with Gasteiger partial charge in [-0.1, -0.05) is 48.0 Å². The van der Waals surface area contributed by atoms with E-state index in [0.29, 0.717) is 11.6 Å². The van der Waals surface area contributed by atoms with Crippen LogP contribution in [0.5, 0.6) is 0 Å². The van der Waals surface area contributed by atoms with E-state index >= 15 is 0 Å². The zero-order valence-electron chi connectivity index (χ0n) is 14.3. The second kappa shape index (κ2) is 6.76. The number of carboxylic acid groups (broad SMARTS) is 1. The zero-order chi connectivity index (χ0) is 18.3. The number of nitrogens with zero attached hydrogens (tertiary/aromatic N) is 1. The normalized spacial score (nSPS) is 24.5. The Morgan fingerprint density at radius 3 is 2.50 bits per heavy atom. The van der Waals surface area contributed by atoms with Crippen molar-refractivity contribution in [3.05, 3.63) is 70.2 Å². The van der Waals surface area contributed by atoms with Crippen LogP contribution in [0.15, 0.2) is 48.5 Å². The number of hydrogen-bond acceptors (Lipinski definition) is 2. The molecule has 0 spiro atoms. The lowest BCUT2D eigenvalue weighted by Crippen LogP contribution is -2.33. The number of rotatable bonds is 3. The van der Waals surface area contributed by atoms with Crippen LogP contribution in [-0.4, -0.2) is 35.0 Å². The molecular weight excluding hydrogens is 350 g/mol. The summed E-state index contributed by atoms with van der Waals surface area (Å²) < 4.78 is 0. The van der Waals surface area contributed by atoms with E-state index in [-0.39, 0.29) is 24.3 Å². The maximum absolute atomic E-state index is 13.1. The van der Waals surface area contributed by atoms with Gasteiger partial charge >= 0.3 is 5.97 Å². The first-order chi connectivity index (χ1) is 12.5. The molecule has 1 aliphatic carbocycles. The monoisotopic (exact) mass is 369 g/mol. The first-order valence-corrected chi connectivity index (χ1v) is 9.27. The third kappa shape index (κ3) is 2.99. The number of benzene rings is 2. The van der Waals surface area contributed by atoms with Gasteiger partial charge in [-0.15, -0.1) is 0 Å². The number of carbonyl (C=O) groups is 2. The maximum Gasteiger partial charge on any atom is 0.308 e. The molecular formula is C21H20ClNO3. The fourth-order valence-electron chi connectivity index (χ4n) is 4.32. The molecule has 26 heavy (non-hydrogen) atoms. The van der Waals surface area contributed by atoms with Crippen LogP contribution in [0.2, 0.25) is 5.02 Å². The highest BCUT2D eigenvalue weighted by molar-refractivity contribution is 6.30. The van der Waals surface area contributed by atoms with Crippen molar-refractivity contribution in [2.24, 2.45) is 5.92 Å². The number of likely N-dealkylation sites (tertiary alicyclic amines) is 1. The number of aryl methyl sites for hydroxylation is 1. The molecule has 1 fully saturated rings. The smallest absolute Gasteiger partial charge is 0.308 e. The van der Waals surface area contributed by atoms with E-state index in [1.54, 1.807) is 17.0 Å². The van der Waals surface area contributed by atoms with Gasteiger partial charge in [0.15, 0.2) is 0 Å². The Balaban J connectivity index is 1.57. The quantitative estimate of drug-likeness (QED) is 0.897. The largest absolute Gasteiger partial charge is 0.481 e. The molecule has 3 atom stereocenters. The third-order valence-electron chi connectivity index (χ3n) is 5.68. The van der Waals surface area contributed by atoms with Crippen molar-refractivity contribution < 1.29 is 14.7 Å². The summed E-state index contributed by atoms with van der Waals surface area (Å²) in [7, 11) is 0. The highest BCUT2D eigenvalue weighted by Crippen LogP contribution is 2.39. The lowest BCUT2D eigenvalue weighted by molar-refractivity contribution is -0.142. The molecule has 2 aromatic rings. The average molecular weight is 370 g/mol. The van der Waals surface area contributed by atoms with Crippen molar-refractivity contribution in [1.29, 1.82) is 0 Å². The van der Waals surface area contributed by atoms with Gasteiger partial charge in [0.2, 0.25) is 5.91 Å². The molecule has 0 aromatic heterocycles. The Hall–Kier alpha value is -2.33. The Morgan fingerprint density at radius 1 is 1.04 bits per heavy atom. The number of carbonyl (C=O) groups excluding carboxylic acids is 1. The van der Waals surface area contributed by atoms with Gasteiger partial charge in [0.25, 0.3) is 0 Å². The second-order valence-corrected chi connectivity index (χ2v) is 7.57. The maximum atomic E-state index is 13.1. The molecule has 1 amide bonds. The van der Waals surface area contributed by atoms with Gasteiger partial charge in [-0.3, -0.25) is 9.59 Å². The molecule has 1 heterocycles. The van der Waals surface area contributed by atoms with Crippen LogP contribution >= 0.6 is 11.6 Å². The Bertz CT molecular complexity index is 849. The summed E-state index contributed by atoms with van der Waals surface area (Å²) in [5, 5.41) is 10.3. The highest BCUT2D eigenvalue weighted by Gasteiger charge is 2.43. The van der Waals surface area contributed by atoms with Crippen molar-refractivity contribution >= 4 is 23.5 Å². The van der Waals surface area contributed by atoms with Crippen LogP contribution in [0.4, 0.5) is 0 Å². The predicted molar refractivity (Wildman–Crippen MR) is 99.4 cm³/mol. The highest BCUT2D eigenvalue weighted by atomic mass is 35.5. The fourth-order valence-corrected chi connectivity index (χ4v) is 4.44. The molecule has 1 N–H and O–H groups in total. The number of amides is 1. The number of aliphatic carboxylic acids is 1. The molecule has 1 saturated heterocycles. The minimum absolute atomic E-state index is 0.0534.